The fourth-order valence-corrected chi connectivity index (χ4v) is 4.82. The highest BCUT2D eigenvalue weighted by molar-refractivity contribution is 6.10. The van der Waals surface area contributed by atoms with Gasteiger partial charge in [0.05, 0.1) is 29.6 Å². The maximum absolute atomic E-state index is 13.4. The Morgan fingerprint density at radius 3 is 2.29 bits per heavy atom. The third-order valence-corrected chi connectivity index (χ3v) is 6.62. The van der Waals surface area contributed by atoms with E-state index in [2.05, 4.69) is 4.98 Å². The second-order valence-corrected chi connectivity index (χ2v) is 8.16. The third kappa shape index (κ3) is 3.59. The first-order valence-corrected chi connectivity index (χ1v) is 11.6. The van der Waals surface area contributed by atoms with Crippen molar-refractivity contribution in [3.05, 3.63) is 83.6 Å². The highest BCUT2D eigenvalue weighted by Crippen LogP contribution is 2.43. The lowest BCUT2D eigenvalue weighted by molar-refractivity contribution is -0.146. The number of benzene rings is 2. The zero-order valence-corrected chi connectivity index (χ0v) is 20.0. The topological polar surface area (TPSA) is 72.4 Å². The second kappa shape index (κ2) is 9.59. The molecular formula is C28H29N3O3. The molecule has 0 bridgehead atoms. The van der Waals surface area contributed by atoms with E-state index in [0.29, 0.717) is 47.5 Å². The van der Waals surface area contributed by atoms with Gasteiger partial charge in [-0.15, -0.1) is 0 Å². The first kappa shape index (κ1) is 23.4. The van der Waals surface area contributed by atoms with Crippen LogP contribution in [0.15, 0.2) is 66.9 Å². The number of hydrogen-bond acceptors (Lipinski definition) is 5. The summed E-state index contributed by atoms with van der Waals surface area (Å²) in [5.74, 6) is -0.428. The van der Waals surface area contributed by atoms with Gasteiger partial charge in [-0.2, -0.15) is 0 Å². The lowest BCUT2D eigenvalue weighted by Crippen LogP contribution is -2.38. The fourth-order valence-electron chi connectivity index (χ4n) is 4.82. The number of methoxy groups -OCH3 is 1. The number of ether oxygens (including phenoxy) is 1. The molecule has 2 aliphatic rings. The second-order valence-electron chi connectivity index (χ2n) is 8.16. The third-order valence-electron chi connectivity index (χ3n) is 6.62. The van der Waals surface area contributed by atoms with Crippen molar-refractivity contribution >= 4 is 22.8 Å². The van der Waals surface area contributed by atoms with Crippen LogP contribution in [0.2, 0.25) is 0 Å². The molecule has 2 heterocycles. The Morgan fingerprint density at radius 2 is 1.65 bits per heavy atom. The lowest BCUT2D eigenvalue weighted by Gasteiger charge is -2.31. The Kier molecular flexibility index (Phi) is 6.59. The molecule has 2 aromatic carbocycles. The van der Waals surface area contributed by atoms with Crippen LogP contribution >= 0.6 is 0 Å². The predicted octanol–water partition coefficient (Wildman–Crippen LogP) is 5.09. The van der Waals surface area contributed by atoms with Crippen molar-refractivity contribution in [3.63, 3.8) is 0 Å². The van der Waals surface area contributed by atoms with Crippen molar-refractivity contribution in [3.8, 4) is 11.4 Å². The zero-order valence-electron chi connectivity index (χ0n) is 20.0. The summed E-state index contributed by atoms with van der Waals surface area (Å²) in [6.45, 7) is 7.11. The van der Waals surface area contributed by atoms with Gasteiger partial charge in [-0.3, -0.25) is 14.6 Å². The van der Waals surface area contributed by atoms with Gasteiger partial charge < -0.3 is 9.64 Å². The molecule has 4 rings (SSSR count). The number of carbonyl (C=O) groups excluding carboxylic acids is 2. The van der Waals surface area contributed by atoms with E-state index in [4.69, 9.17) is 9.72 Å². The first-order chi connectivity index (χ1) is 16.5. The molecule has 1 atom stereocenters. The number of nitrogens with zero attached hydrogens (tertiary/aromatic N) is 3. The summed E-state index contributed by atoms with van der Waals surface area (Å²) >= 11 is 0. The molecule has 1 amide bonds. The van der Waals surface area contributed by atoms with E-state index in [9.17, 15) is 9.59 Å². The van der Waals surface area contributed by atoms with Crippen LogP contribution in [0.25, 0.3) is 22.3 Å². The SMILES string of the molecule is CCN(CC)C(=O)c1cccc2c3ncccc(C(CC)(C(=O)OC)c4ccccc4)c-3nc12. The average Bonchev–Trinajstić information content (AvgIpc) is 3.12. The summed E-state index contributed by atoms with van der Waals surface area (Å²) in [5.41, 5.74) is 2.83. The molecule has 0 aromatic heterocycles. The van der Waals surface area contributed by atoms with Crippen LogP contribution in [0.1, 0.15) is 48.7 Å². The minimum Gasteiger partial charge on any atom is -0.468 e. The van der Waals surface area contributed by atoms with Crippen molar-refractivity contribution in [1.29, 1.82) is 0 Å². The highest BCUT2D eigenvalue weighted by Gasteiger charge is 2.44. The predicted molar refractivity (Wildman–Crippen MR) is 133 cm³/mol. The molecule has 174 valence electrons. The van der Waals surface area contributed by atoms with Gasteiger partial charge in [0.15, 0.2) is 0 Å². The quantitative estimate of drug-likeness (QED) is 0.363. The number of carbonyl (C=O) groups is 2. The number of fused-ring (bicyclic) bond motifs is 3. The van der Waals surface area contributed by atoms with Crippen LogP contribution in [-0.4, -0.2) is 46.9 Å². The summed E-state index contributed by atoms with van der Waals surface area (Å²) < 4.78 is 5.34. The van der Waals surface area contributed by atoms with Crippen LogP contribution in [0.5, 0.6) is 0 Å². The molecule has 6 heteroatoms. The maximum Gasteiger partial charge on any atom is 0.320 e. The van der Waals surface area contributed by atoms with E-state index >= 15 is 0 Å². The van der Waals surface area contributed by atoms with Gasteiger partial charge in [-0.1, -0.05) is 55.5 Å². The fraction of sp³-hybridized carbons (Fsp3) is 0.286. The van der Waals surface area contributed by atoms with E-state index in [1.54, 1.807) is 17.2 Å². The maximum atomic E-state index is 13.4. The first-order valence-electron chi connectivity index (χ1n) is 11.6. The van der Waals surface area contributed by atoms with Gasteiger partial charge in [-0.25, -0.2) is 4.98 Å². The van der Waals surface area contributed by atoms with Crippen LogP contribution < -0.4 is 0 Å². The van der Waals surface area contributed by atoms with Gasteiger partial charge in [0.25, 0.3) is 5.91 Å². The number of esters is 1. The van der Waals surface area contributed by atoms with E-state index < -0.39 is 5.41 Å². The minimum absolute atomic E-state index is 0.0675. The van der Waals surface area contributed by atoms with Gasteiger partial charge in [-0.05, 0) is 38.0 Å². The Balaban J connectivity index is 2.07. The van der Waals surface area contributed by atoms with E-state index in [0.717, 1.165) is 10.9 Å². The lowest BCUT2D eigenvalue weighted by atomic mass is 9.71. The van der Waals surface area contributed by atoms with E-state index in [1.807, 2.05) is 75.4 Å². The van der Waals surface area contributed by atoms with Crippen LogP contribution in [0, 0.1) is 0 Å². The standard InChI is InChI=1S/C28H29N3O3/c1-5-28(27(33)34-4,19-13-9-8-10-14-19)22-17-12-18-29-24-20-15-11-16-21(23(20)30-25(22)24)26(32)31(6-2)7-3/h8-18H,5-7H2,1-4H3. The molecule has 6 nitrogen and oxygen atoms in total. The van der Waals surface area contributed by atoms with Crippen molar-refractivity contribution in [1.82, 2.24) is 14.9 Å². The summed E-state index contributed by atoms with van der Waals surface area (Å²) in [5, 5.41) is 0.786. The summed E-state index contributed by atoms with van der Waals surface area (Å²) in [6, 6.07) is 18.9. The number of hydrogen-bond donors (Lipinski definition) is 0. The van der Waals surface area contributed by atoms with E-state index in [-0.39, 0.29) is 11.9 Å². The van der Waals surface area contributed by atoms with Crippen LogP contribution in [0.3, 0.4) is 0 Å². The Bertz CT molecular complexity index is 1300. The van der Waals surface area contributed by atoms with Crippen LogP contribution in [0.4, 0.5) is 0 Å². The molecule has 2 aliphatic heterocycles. The number of amides is 1. The summed E-state index contributed by atoms with van der Waals surface area (Å²) in [6.07, 6.45) is 2.17. The van der Waals surface area contributed by atoms with Gasteiger partial charge in [0, 0.05) is 30.2 Å². The monoisotopic (exact) mass is 455 g/mol. The smallest absolute Gasteiger partial charge is 0.320 e. The highest BCUT2D eigenvalue weighted by atomic mass is 16.5. The Hall–Kier alpha value is -3.80. The van der Waals surface area contributed by atoms with Gasteiger partial charge in [0.2, 0.25) is 0 Å². The molecule has 0 spiro atoms. The molecule has 1 unspecified atom stereocenters. The van der Waals surface area contributed by atoms with E-state index in [1.165, 1.54) is 7.11 Å². The molecule has 0 N–H and O–H groups in total. The van der Waals surface area contributed by atoms with Crippen molar-refractivity contribution < 1.29 is 14.3 Å². The van der Waals surface area contributed by atoms with Gasteiger partial charge >= 0.3 is 5.97 Å². The molecule has 0 radical (unpaired) electrons. The zero-order chi connectivity index (χ0) is 24.3. The molecule has 0 saturated carbocycles. The number of rotatable bonds is 7. The molecule has 0 fully saturated rings. The minimum atomic E-state index is -1.07. The normalized spacial score (nSPS) is 12.9. The largest absolute Gasteiger partial charge is 0.468 e. The van der Waals surface area contributed by atoms with Crippen LogP contribution in [-0.2, 0) is 14.9 Å². The molecule has 0 saturated heterocycles. The number of aromatic nitrogens is 2. The average molecular weight is 456 g/mol. The van der Waals surface area contributed by atoms with Gasteiger partial charge in [0.1, 0.15) is 5.41 Å². The Morgan fingerprint density at radius 1 is 0.912 bits per heavy atom. The molecular weight excluding hydrogens is 426 g/mol. The van der Waals surface area contributed by atoms with Crippen molar-refractivity contribution in [2.75, 3.05) is 20.2 Å². The summed E-state index contributed by atoms with van der Waals surface area (Å²) in [7, 11) is 1.41. The molecule has 34 heavy (non-hydrogen) atoms. The molecule has 2 aromatic rings. The Labute approximate surface area is 199 Å². The van der Waals surface area contributed by atoms with Crippen molar-refractivity contribution in [2.45, 2.75) is 32.6 Å². The number of para-hydroxylation sites is 1. The molecule has 0 aliphatic carbocycles. The summed E-state index contributed by atoms with van der Waals surface area (Å²) in [4.78, 5) is 38.1. The van der Waals surface area contributed by atoms with Crippen molar-refractivity contribution in [2.24, 2.45) is 0 Å².